The molecular weight excluding hydrogens is 305 g/mol. The van der Waals surface area contributed by atoms with Crippen molar-refractivity contribution in [1.82, 2.24) is 4.98 Å². The summed E-state index contributed by atoms with van der Waals surface area (Å²) >= 11 is 1.54. The van der Waals surface area contributed by atoms with Gasteiger partial charge in [-0.2, -0.15) is 0 Å². The van der Waals surface area contributed by atoms with Crippen LogP contribution in [0.2, 0.25) is 0 Å². The summed E-state index contributed by atoms with van der Waals surface area (Å²) in [6, 6.07) is 5.70. The van der Waals surface area contributed by atoms with Gasteiger partial charge in [0.05, 0.1) is 25.3 Å². The van der Waals surface area contributed by atoms with Gasteiger partial charge in [0.1, 0.15) is 5.82 Å². The van der Waals surface area contributed by atoms with E-state index < -0.39 is 0 Å². The molecule has 0 aliphatic carbocycles. The van der Waals surface area contributed by atoms with E-state index in [0.717, 1.165) is 23.9 Å². The second-order valence-corrected chi connectivity index (χ2v) is 5.79. The van der Waals surface area contributed by atoms with Gasteiger partial charge in [-0.15, -0.1) is 11.3 Å². The van der Waals surface area contributed by atoms with Crippen molar-refractivity contribution in [2.75, 3.05) is 36.5 Å². The fraction of sp³-hybridized carbons (Fsp3) is 0.333. The van der Waals surface area contributed by atoms with Crippen LogP contribution in [0.5, 0.6) is 0 Å². The Labute approximate surface area is 131 Å². The predicted octanol–water partition coefficient (Wildman–Crippen LogP) is 2.30. The number of amides is 1. The molecule has 1 aliphatic rings. The normalized spacial score (nSPS) is 14.9. The van der Waals surface area contributed by atoms with Gasteiger partial charge in [0.25, 0.3) is 0 Å². The molecule has 0 atom stereocenters. The zero-order chi connectivity index (χ0) is 15.4. The molecule has 0 saturated carbocycles. The molecule has 0 spiro atoms. The number of aromatic nitrogens is 1. The van der Waals surface area contributed by atoms with Gasteiger partial charge in [-0.05, 0) is 24.3 Å². The van der Waals surface area contributed by atoms with E-state index in [2.05, 4.69) is 15.2 Å². The molecular formula is C15H16FN3O2S. The molecule has 1 aromatic heterocycles. The van der Waals surface area contributed by atoms with Crippen LogP contribution in [0, 0.1) is 5.82 Å². The number of anilines is 2. The van der Waals surface area contributed by atoms with Crippen molar-refractivity contribution < 1.29 is 13.9 Å². The van der Waals surface area contributed by atoms with Crippen molar-refractivity contribution in [3.63, 3.8) is 0 Å². The second kappa shape index (κ2) is 6.85. The number of ether oxygens (including phenoxy) is 1. The standard InChI is InChI=1S/C15H16FN3O2S/c16-11-1-3-12(4-2-11)17-14(20)9-13-10-22-15(18-13)19-5-7-21-8-6-19/h1-4,10H,5-9H2,(H,17,20). The topological polar surface area (TPSA) is 54.5 Å². The monoisotopic (exact) mass is 321 g/mol. The predicted molar refractivity (Wildman–Crippen MR) is 83.9 cm³/mol. The zero-order valence-electron chi connectivity index (χ0n) is 11.9. The lowest BCUT2D eigenvalue weighted by molar-refractivity contribution is -0.115. The lowest BCUT2D eigenvalue weighted by Gasteiger charge is -2.26. The van der Waals surface area contributed by atoms with Crippen LogP contribution in [-0.4, -0.2) is 37.2 Å². The maximum absolute atomic E-state index is 12.8. The minimum Gasteiger partial charge on any atom is -0.378 e. The van der Waals surface area contributed by atoms with Crippen molar-refractivity contribution in [2.24, 2.45) is 0 Å². The van der Waals surface area contributed by atoms with Crippen molar-refractivity contribution in [3.8, 4) is 0 Å². The highest BCUT2D eigenvalue weighted by molar-refractivity contribution is 7.13. The van der Waals surface area contributed by atoms with E-state index in [-0.39, 0.29) is 18.1 Å². The van der Waals surface area contributed by atoms with Gasteiger partial charge in [0.2, 0.25) is 5.91 Å². The van der Waals surface area contributed by atoms with Gasteiger partial charge in [0.15, 0.2) is 5.13 Å². The third-order valence-electron chi connectivity index (χ3n) is 3.29. The molecule has 0 bridgehead atoms. The van der Waals surface area contributed by atoms with E-state index in [1.165, 1.54) is 35.6 Å². The average molecular weight is 321 g/mol. The Morgan fingerprint density at radius 3 is 2.77 bits per heavy atom. The van der Waals surface area contributed by atoms with Crippen molar-refractivity contribution >= 4 is 28.1 Å². The fourth-order valence-electron chi connectivity index (χ4n) is 2.18. The van der Waals surface area contributed by atoms with E-state index in [0.29, 0.717) is 18.9 Å². The number of nitrogens with one attached hydrogen (secondary N) is 1. The molecule has 1 N–H and O–H groups in total. The number of carbonyl (C=O) groups excluding carboxylic acids is 1. The number of thiazole rings is 1. The van der Waals surface area contributed by atoms with Gasteiger partial charge < -0.3 is 15.0 Å². The van der Waals surface area contributed by atoms with Crippen LogP contribution in [0.25, 0.3) is 0 Å². The highest BCUT2D eigenvalue weighted by atomic mass is 32.1. The maximum atomic E-state index is 12.8. The summed E-state index contributed by atoms with van der Waals surface area (Å²) < 4.78 is 18.1. The Morgan fingerprint density at radius 2 is 2.05 bits per heavy atom. The number of morpholine rings is 1. The van der Waals surface area contributed by atoms with Crippen LogP contribution < -0.4 is 10.2 Å². The van der Waals surface area contributed by atoms with Crippen molar-refractivity contribution in [3.05, 3.63) is 41.2 Å². The molecule has 1 saturated heterocycles. The quantitative estimate of drug-likeness (QED) is 0.939. The number of rotatable bonds is 4. The van der Waals surface area contributed by atoms with Crippen LogP contribution >= 0.6 is 11.3 Å². The highest BCUT2D eigenvalue weighted by Crippen LogP contribution is 2.22. The van der Waals surface area contributed by atoms with E-state index in [4.69, 9.17) is 4.74 Å². The van der Waals surface area contributed by atoms with Crippen molar-refractivity contribution in [2.45, 2.75) is 6.42 Å². The molecule has 1 amide bonds. The fourth-order valence-corrected chi connectivity index (χ4v) is 3.06. The summed E-state index contributed by atoms with van der Waals surface area (Å²) in [5, 5.41) is 5.55. The summed E-state index contributed by atoms with van der Waals surface area (Å²) in [5.41, 5.74) is 1.32. The van der Waals surface area contributed by atoms with Crippen LogP contribution in [0.15, 0.2) is 29.6 Å². The lowest BCUT2D eigenvalue weighted by atomic mass is 10.3. The van der Waals surface area contributed by atoms with Gasteiger partial charge in [-0.25, -0.2) is 9.37 Å². The number of nitrogens with zero attached hydrogens (tertiary/aromatic N) is 2. The lowest BCUT2D eigenvalue weighted by Crippen LogP contribution is -2.36. The minimum atomic E-state index is -0.326. The molecule has 0 radical (unpaired) electrons. The Morgan fingerprint density at radius 1 is 1.32 bits per heavy atom. The first-order valence-electron chi connectivity index (χ1n) is 7.03. The van der Waals surface area contributed by atoms with Gasteiger partial charge in [-0.3, -0.25) is 4.79 Å². The Balaban J connectivity index is 1.57. The summed E-state index contributed by atoms with van der Waals surface area (Å²) in [5.74, 6) is -0.488. The molecule has 2 heterocycles. The number of hydrogen-bond donors (Lipinski definition) is 1. The molecule has 22 heavy (non-hydrogen) atoms. The Kier molecular flexibility index (Phi) is 4.65. The van der Waals surface area contributed by atoms with Gasteiger partial charge in [0, 0.05) is 24.2 Å². The summed E-state index contributed by atoms with van der Waals surface area (Å²) in [7, 11) is 0. The van der Waals surface area contributed by atoms with E-state index in [9.17, 15) is 9.18 Å². The molecule has 1 fully saturated rings. The van der Waals surface area contributed by atoms with Gasteiger partial charge in [-0.1, -0.05) is 0 Å². The minimum absolute atomic E-state index is 0.162. The van der Waals surface area contributed by atoms with Crippen LogP contribution in [0.3, 0.4) is 0 Å². The third kappa shape index (κ3) is 3.80. The SMILES string of the molecule is O=C(Cc1csc(N2CCOCC2)n1)Nc1ccc(F)cc1. The molecule has 5 nitrogen and oxygen atoms in total. The first-order valence-corrected chi connectivity index (χ1v) is 7.91. The molecule has 1 aromatic carbocycles. The first-order chi connectivity index (χ1) is 10.7. The molecule has 2 aromatic rings. The smallest absolute Gasteiger partial charge is 0.230 e. The molecule has 3 rings (SSSR count). The first kappa shape index (κ1) is 14.9. The Bertz CT molecular complexity index is 638. The molecule has 116 valence electrons. The highest BCUT2D eigenvalue weighted by Gasteiger charge is 2.15. The van der Waals surface area contributed by atoms with Crippen molar-refractivity contribution in [1.29, 1.82) is 0 Å². The number of carbonyl (C=O) groups is 1. The largest absolute Gasteiger partial charge is 0.378 e. The van der Waals surface area contributed by atoms with E-state index in [1.54, 1.807) is 0 Å². The van der Waals surface area contributed by atoms with E-state index >= 15 is 0 Å². The third-order valence-corrected chi connectivity index (χ3v) is 4.24. The zero-order valence-corrected chi connectivity index (χ0v) is 12.7. The number of hydrogen-bond acceptors (Lipinski definition) is 5. The molecule has 7 heteroatoms. The van der Waals surface area contributed by atoms with Crippen LogP contribution in [0.1, 0.15) is 5.69 Å². The summed E-state index contributed by atoms with van der Waals surface area (Å²) in [6.45, 7) is 3.07. The molecule has 1 aliphatic heterocycles. The number of halogens is 1. The summed E-state index contributed by atoms with van der Waals surface area (Å²) in [4.78, 5) is 18.6. The van der Waals surface area contributed by atoms with Gasteiger partial charge >= 0.3 is 0 Å². The van der Waals surface area contributed by atoms with E-state index in [1.807, 2.05) is 5.38 Å². The maximum Gasteiger partial charge on any atom is 0.230 e. The van der Waals surface area contributed by atoms with Crippen LogP contribution in [-0.2, 0) is 16.0 Å². The second-order valence-electron chi connectivity index (χ2n) is 4.95. The summed E-state index contributed by atoms with van der Waals surface area (Å²) in [6.07, 6.45) is 0.207. The number of benzene rings is 1. The average Bonchev–Trinajstić information content (AvgIpc) is 2.99. The molecule has 0 unspecified atom stereocenters. The Hall–Kier alpha value is -1.99. The van der Waals surface area contributed by atoms with Crippen LogP contribution in [0.4, 0.5) is 15.2 Å².